The second-order valence-corrected chi connectivity index (χ2v) is 5.68. The summed E-state index contributed by atoms with van der Waals surface area (Å²) < 4.78 is 0. The van der Waals surface area contributed by atoms with Crippen LogP contribution in [-0.4, -0.2) is 14.9 Å². The molecule has 0 saturated carbocycles. The smallest absolute Gasteiger partial charge is 0.354 e. The van der Waals surface area contributed by atoms with E-state index in [0.717, 1.165) is 4.88 Å². The van der Waals surface area contributed by atoms with Crippen LogP contribution < -0.4 is 16.6 Å². The lowest BCUT2D eigenvalue weighted by molar-refractivity contribution is -0.383. The highest BCUT2D eigenvalue weighted by atomic mass is 32.1. The number of nitro groups is 1. The van der Waals surface area contributed by atoms with Gasteiger partial charge >= 0.3 is 5.69 Å². The molecular formula is C12H16N6O2S. The van der Waals surface area contributed by atoms with Gasteiger partial charge in [-0.05, 0) is 17.4 Å². The number of hydrogen-bond acceptors (Lipinski definition) is 8. The van der Waals surface area contributed by atoms with Crippen molar-refractivity contribution in [1.29, 1.82) is 0 Å². The summed E-state index contributed by atoms with van der Waals surface area (Å²) in [7, 11) is 0. The van der Waals surface area contributed by atoms with Crippen molar-refractivity contribution in [1.82, 2.24) is 9.97 Å². The third kappa shape index (κ3) is 3.26. The molecule has 0 saturated heterocycles. The van der Waals surface area contributed by atoms with Crippen molar-refractivity contribution in [3.05, 3.63) is 38.8 Å². The molecule has 2 rings (SSSR count). The molecule has 1 unspecified atom stereocenters. The molecule has 9 heteroatoms. The van der Waals surface area contributed by atoms with Gasteiger partial charge in [-0.25, -0.2) is 15.8 Å². The van der Waals surface area contributed by atoms with Crippen LogP contribution in [0.25, 0.3) is 0 Å². The third-order valence-electron chi connectivity index (χ3n) is 2.95. The van der Waals surface area contributed by atoms with E-state index < -0.39 is 4.92 Å². The van der Waals surface area contributed by atoms with E-state index in [-0.39, 0.29) is 29.3 Å². The largest absolute Gasteiger partial charge is 0.356 e. The molecule has 21 heavy (non-hydrogen) atoms. The summed E-state index contributed by atoms with van der Waals surface area (Å²) in [6, 6.07) is 3.85. The standard InChI is InChI=1S/C12H16N6O2S/c1-7(2)9(8-4-3-5-21-8)16-11-10(18(19)20)12(17-13)15-6-14-11/h3-7,9H,13H2,1-2H3,(H2,14,15,16,17). The number of nitrogen functional groups attached to an aromatic ring is 1. The van der Waals surface area contributed by atoms with E-state index >= 15 is 0 Å². The summed E-state index contributed by atoms with van der Waals surface area (Å²) in [6.45, 7) is 4.07. The molecule has 0 aliphatic heterocycles. The third-order valence-corrected chi connectivity index (χ3v) is 3.91. The zero-order valence-electron chi connectivity index (χ0n) is 11.6. The van der Waals surface area contributed by atoms with E-state index in [1.165, 1.54) is 6.33 Å². The topological polar surface area (TPSA) is 119 Å². The molecule has 0 aliphatic carbocycles. The normalized spacial score (nSPS) is 12.2. The predicted octanol–water partition coefficient (Wildman–Crippen LogP) is 2.54. The fourth-order valence-corrected chi connectivity index (χ4v) is 2.89. The maximum Gasteiger partial charge on any atom is 0.354 e. The van der Waals surface area contributed by atoms with Crippen LogP contribution in [0.5, 0.6) is 0 Å². The number of aromatic nitrogens is 2. The molecule has 112 valence electrons. The van der Waals surface area contributed by atoms with Gasteiger partial charge in [-0.1, -0.05) is 19.9 Å². The molecule has 4 N–H and O–H groups in total. The minimum absolute atomic E-state index is 0.0221. The first-order valence-electron chi connectivity index (χ1n) is 6.30. The average Bonchev–Trinajstić information content (AvgIpc) is 2.97. The van der Waals surface area contributed by atoms with Crippen molar-refractivity contribution in [2.45, 2.75) is 19.9 Å². The molecule has 0 spiro atoms. The lowest BCUT2D eigenvalue weighted by atomic mass is 10.0. The first-order valence-corrected chi connectivity index (χ1v) is 7.18. The Bertz CT molecular complexity index is 616. The summed E-state index contributed by atoms with van der Waals surface area (Å²) in [5.41, 5.74) is 1.96. The maximum atomic E-state index is 11.2. The number of nitrogens with zero attached hydrogens (tertiary/aromatic N) is 3. The van der Waals surface area contributed by atoms with Crippen molar-refractivity contribution >= 4 is 28.7 Å². The molecule has 2 heterocycles. The first kappa shape index (κ1) is 15.1. The SMILES string of the molecule is CC(C)C(Nc1ncnc(NN)c1[N+](=O)[O-])c1cccs1. The summed E-state index contributed by atoms with van der Waals surface area (Å²) in [5, 5.41) is 16.3. The van der Waals surface area contributed by atoms with Crippen LogP contribution in [0, 0.1) is 16.0 Å². The summed E-state index contributed by atoms with van der Waals surface area (Å²) in [5.74, 6) is 5.63. The van der Waals surface area contributed by atoms with E-state index in [4.69, 9.17) is 5.84 Å². The van der Waals surface area contributed by atoms with E-state index in [9.17, 15) is 10.1 Å². The van der Waals surface area contributed by atoms with Gasteiger partial charge in [-0.3, -0.25) is 10.1 Å². The Labute approximate surface area is 125 Å². The summed E-state index contributed by atoms with van der Waals surface area (Å²) in [6.07, 6.45) is 1.23. The van der Waals surface area contributed by atoms with E-state index in [1.807, 2.05) is 31.4 Å². The molecule has 2 aromatic rings. The molecule has 1 atom stereocenters. The fraction of sp³-hybridized carbons (Fsp3) is 0.333. The van der Waals surface area contributed by atoms with Crippen LogP contribution in [0.1, 0.15) is 24.8 Å². The zero-order valence-corrected chi connectivity index (χ0v) is 12.4. The highest BCUT2D eigenvalue weighted by molar-refractivity contribution is 7.10. The van der Waals surface area contributed by atoms with Gasteiger partial charge in [0.2, 0.25) is 11.6 Å². The molecule has 0 radical (unpaired) electrons. The van der Waals surface area contributed by atoms with Gasteiger partial charge in [0.15, 0.2) is 0 Å². The highest BCUT2D eigenvalue weighted by Crippen LogP contribution is 2.34. The average molecular weight is 308 g/mol. The monoisotopic (exact) mass is 308 g/mol. The number of nitrogens with two attached hydrogens (primary N) is 1. The van der Waals surface area contributed by atoms with E-state index in [2.05, 4.69) is 20.7 Å². The molecule has 0 bridgehead atoms. The van der Waals surface area contributed by atoms with Crippen molar-refractivity contribution in [3.63, 3.8) is 0 Å². The number of rotatable bonds is 6. The van der Waals surface area contributed by atoms with Crippen molar-refractivity contribution in [2.75, 3.05) is 10.7 Å². The molecule has 0 fully saturated rings. The van der Waals surface area contributed by atoms with Gasteiger partial charge < -0.3 is 10.7 Å². The Hall–Kier alpha value is -2.26. The maximum absolute atomic E-state index is 11.2. The van der Waals surface area contributed by atoms with Gasteiger partial charge in [0, 0.05) is 4.88 Å². The van der Waals surface area contributed by atoms with Gasteiger partial charge in [0.25, 0.3) is 0 Å². The van der Waals surface area contributed by atoms with Crippen LogP contribution in [0.3, 0.4) is 0 Å². The first-order chi connectivity index (χ1) is 10.0. The number of hydrogen-bond donors (Lipinski definition) is 3. The Kier molecular flexibility index (Phi) is 4.66. The van der Waals surface area contributed by atoms with Crippen molar-refractivity contribution in [2.24, 2.45) is 11.8 Å². The Balaban J connectivity index is 2.40. The minimum atomic E-state index is -0.552. The van der Waals surface area contributed by atoms with Gasteiger partial charge in [-0.2, -0.15) is 0 Å². The van der Waals surface area contributed by atoms with Gasteiger partial charge in [0.1, 0.15) is 6.33 Å². The minimum Gasteiger partial charge on any atom is -0.356 e. The molecule has 0 aromatic carbocycles. The van der Waals surface area contributed by atoms with Crippen LogP contribution in [0.2, 0.25) is 0 Å². The van der Waals surface area contributed by atoms with Crippen LogP contribution >= 0.6 is 11.3 Å². The molecule has 2 aromatic heterocycles. The van der Waals surface area contributed by atoms with Crippen molar-refractivity contribution in [3.8, 4) is 0 Å². The highest BCUT2D eigenvalue weighted by Gasteiger charge is 2.26. The second-order valence-electron chi connectivity index (χ2n) is 4.70. The second kappa shape index (κ2) is 6.46. The lowest BCUT2D eigenvalue weighted by Crippen LogP contribution is -2.19. The van der Waals surface area contributed by atoms with Gasteiger partial charge in [0.05, 0.1) is 11.0 Å². The quantitative estimate of drug-likeness (QED) is 0.426. The summed E-state index contributed by atoms with van der Waals surface area (Å²) in [4.78, 5) is 19.5. The Morgan fingerprint density at radius 1 is 1.38 bits per heavy atom. The molecule has 0 aliphatic rings. The van der Waals surface area contributed by atoms with Crippen LogP contribution in [0.15, 0.2) is 23.8 Å². The number of anilines is 2. The molecular weight excluding hydrogens is 292 g/mol. The Morgan fingerprint density at radius 3 is 2.62 bits per heavy atom. The zero-order chi connectivity index (χ0) is 15.4. The fourth-order valence-electron chi connectivity index (χ4n) is 1.94. The molecule has 8 nitrogen and oxygen atoms in total. The molecule has 0 amide bonds. The van der Waals surface area contributed by atoms with Crippen LogP contribution in [0.4, 0.5) is 17.3 Å². The van der Waals surface area contributed by atoms with E-state index in [1.54, 1.807) is 11.3 Å². The Morgan fingerprint density at radius 2 is 2.10 bits per heavy atom. The number of thiophene rings is 1. The number of nitrogens with one attached hydrogen (secondary N) is 2. The number of hydrazine groups is 1. The van der Waals surface area contributed by atoms with Crippen molar-refractivity contribution < 1.29 is 4.92 Å². The van der Waals surface area contributed by atoms with E-state index in [0.29, 0.717) is 0 Å². The summed E-state index contributed by atoms with van der Waals surface area (Å²) >= 11 is 1.59. The predicted molar refractivity (Wildman–Crippen MR) is 82.0 cm³/mol. The lowest BCUT2D eigenvalue weighted by Gasteiger charge is -2.21. The van der Waals surface area contributed by atoms with Gasteiger partial charge in [-0.15, -0.1) is 11.3 Å². The van der Waals surface area contributed by atoms with Crippen LogP contribution in [-0.2, 0) is 0 Å².